The molecule has 3 nitrogen and oxygen atoms in total. The second-order valence-corrected chi connectivity index (χ2v) is 3.18. The summed E-state index contributed by atoms with van der Waals surface area (Å²) < 4.78 is 2.69. The molecule has 10 heavy (non-hydrogen) atoms. The maximum absolute atomic E-state index is 5.55. The van der Waals surface area contributed by atoms with E-state index in [0.29, 0.717) is 11.7 Å². The van der Waals surface area contributed by atoms with Gasteiger partial charge in [0.05, 0.1) is 11.9 Å². The number of hydrogen-bond acceptors (Lipinski definition) is 2. The Labute approximate surface area is 68.3 Å². The van der Waals surface area contributed by atoms with Crippen molar-refractivity contribution in [1.82, 2.24) is 9.78 Å². The van der Waals surface area contributed by atoms with E-state index >= 15 is 0 Å². The standard InChI is InChI=1S/C6H10BrN3/c1-4(2)10-6(7)5(8)3-9-10/h3-4H,8H2,1-2H3. The number of nitrogens with two attached hydrogens (primary N) is 1. The molecule has 1 heterocycles. The summed E-state index contributed by atoms with van der Waals surface area (Å²) in [6.07, 6.45) is 1.64. The lowest BCUT2D eigenvalue weighted by molar-refractivity contribution is 0.522. The summed E-state index contributed by atoms with van der Waals surface area (Å²) in [5, 5.41) is 4.06. The van der Waals surface area contributed by atoms with Crippen molar-refractivity contribution in [1.29, 1.82) is 0 Å². The first kappa shape index (κ1) is 7.60. The highest BCUT2D eigenvalue weighted by atomic mass is 79.9. The molecular weight excluding hydrogens is 194 g/mol. The third-order valence-electron chi connectivity index (χ3n) is 1.25. The Hall–Kier alpha value is -0.510. The van der Waals surface area contributed by atoms with Gasteiger partial charge in [-0.15, -0.1) is 0 Å². The fourth-order valence-corrected chi connectivity index (χ4v) is 1.32. The first-order chi connectivity index (χ1) is 4.63. The van der Waals surface area contributed by atoms with Crippen LogP contribution < -0.4 is 5.73 Å². The number of nitrogen functional groups attached to an aromatic ring is 1. The van der Waals surface area contributed by atoms with Crippen LogP contribution in [0.25, 0.3) is 0 Å². The van der Waals surface area contributed by atoms with Crippen molar-refractivity contribution in [3.8, 4) is 0 Å². The van der Waals surface area contributed by atoms with E-state index in [1.807, 2.05) is 4.68 Å². The lowest BCUT2D eigenvalue weighted by atomic mass is 10.4. The fraction of sp³-hybridized carbons (Fsp3) is 0.500. The van der Waals surface area contributed by atoms with Gasteiger partial charge < -0.3 is 5.73 Å². The van der Waals surface area contributed by atoms with E-state index in [4.69, 9.17) is 5.73 Å². The zero-order chi connectivity index (χ0) is 7.72. The number of rotatable bonds is 1. The molecule has 0 amide bonds. The summed E-state index contributed by atoms with van der Waals surface area (Å²) in [5.41, 5.74) is 6.24. The minimum Gasteiger partial charge on any atom is -0.395 e. The molecule has 0 saturated heterocycles. The van der Waals surface area contributed by atoms with Crippen LogP contribution in [0.2, 0.25) is 0 Å². The maximum atomic E-state index is 5.55. The van der Waals surface area contributed by atoms with Crippen molar-refractivity contribution in [3.05, 3.63) is 10.8 Å². The second kappa shape index (κ2) is 2.62. The molecule has 0 atom stereocenters. The number of anilines is 1. The first-order valence-electron chi connectivity index (χ1n) is 3.11. The Morgan fingerprint density at radius 2 is 2.30 bits per heavy atom. The minimum absolute atomic E-state index is 0.353. The Bertz CT molecular complexity index is 229. The average molecular weight is 204 g/mol. The molecule has 0 bridgehead atoms. The van der Waals surface area contributed by atoms with Gasteiger partial charge in [-0.3, -0.25) is 4.68 Å². The summed E-state index contributed by atoms with van der Waals surface area (Å²) in [6.45, 7) is 4.11. The van der Waals surface area contributed by atoms with E-state index in [2.05, 4.69) is 34.9 Å². The summed E-state index contributed by atoms with van der Waals surface area (Å²) >= 11 is 3.33. The van der Waals surface area contributed by atoms with Gasteiger partial charge in [-0.25, -0.2) is 0 Å². The normalized spacial score (nSPS) is 10.8. The third-order valence-corrected chi connectivity index (χ3v) is 2.07. The van der Waals surface area contributed by atoms with Crippen LogP contribution in [0.15, 0.2) is 10.8 Å². The highest BCUT2D eigenvalue weighted by Crippen LogP contribution is 2.21. The van der Waals surface area contributed by atoms with Gasteiger partial charge in [0.2, 0.25) is 0 Å². The molecule has 0 spiro atoms. The molecule has 56 valence electrons. The van der Waals surface area contributed by atoms with Gasteiger partial charge >= 0.3 is 0 Å². The number of halogens is 1. The van der Waals surface area contributed by atoms with Gasteiger partial charge in [0.15, 0.2) is 0 Å². The molecule has 2 N–H and O–H groups in total. The van der Waals surface area contributed by atoms with Crippen LogP contribution in [0.3, 0.4) is 0 Å². The van der Waals surface area contributed by atoms with Crippen molar-refractivity contribution >= 4 is 21.6 Å². The Morgan fingerprint density at radius 3 is 2.50 bits per heavy atom. The van der Waals surface area contributed by atoms with Crippen LogP contribution in [0.5, 0.6) is 0 Å². The topological polar surface area (TPSA) is 43.8 Å². The Kier molecular flexibility index (Phi) is 1.99. The van der Waals surface area contributed by atoms with Crippen molar-refractivity contribution in [2.45, 2.75) is 19.9 Å². The zero-order valence-corrected chi connectivity index (χ0v) is 7.59. The van der Waals surface area contributed by atoms with E-state index < -0.39 is 0 Å². The summed E-state index contributed by atoms with van der Waals surface area (Å²) in [6, 6.07) is 0.353. The third kappa shape index (κ3) is 1.16. The van der Waals surface area contributed by atoms with Crippen LogP contribution in [0.4, 0.5) is 5.69 Å². The predicted octanol–water partition coefficient (Wildman–Crippen LogP) is 1.81. The number of hydrogen-bond donors (Lipinski definition) is 1. The lowest BCUT2D eigenvalue weighted by Crippen LogP contribution is -2.02. The van der Waals surface area contributed by atoms with Gasteiger partial charge in [0.25, 0.3) is 0 Å². The van der Waals surface area contributed by atoms with Gasteiger partial charge in [-0.1, -0.05) is 0 Å². The molecule has 1 aromatic heterocycles. The molecule has 1 rings (SSSR count). The highest BCUT2D eigenvalue weighted by Gasteiger charge is 2.06. The Balaban J connectivity index is 3.05. The first-order valence-corrected chi connectivity index (χ1v) is 3.90. The van der Waals surface area contributed by atoms with Crippen LogP contribution >= 0.6 is 15.9 Å². The van der Waals surface area contributed by atoms with Gasteiger partial charge in [-0.05, 0) is 29.8 Å². The summed E-state index contributed by atoms with van der Waals surface area (Å²) in [4.78, 5) is 0. The predicted molar refractivity (Wildman–Crippen MR) is 44.7 cm³/mol. The molecule has 0 aliphatic carbocycles. The highest BCUT2D eigenvalue weighted by molar-refractivity contribution is 9.10. The van der Waals surface area contributed by atoms with E-state index in [1.165, 1.54) is 0 Å². The van der Waals surface area contributed by atoms with Crippen LogP contribution in [-0.2, 0) is 0 Å². The number of aromatic nitrogens is 2. The van der Waals surface area contributed by atoms with Gasteiger partial charge in [-0.2, -0.15) is 5.10 Å². The second-order valence-electron chi connectivity index (χ2n) is 2.43. The largest absolute Gasteiger partial charge is 0.395 e. The van der Waals surface area contributed by atoms with Crippen molar-refractivity contribution in [2.24, 2.45) is 0 Å². The van der Waals surface area contributed by atoms with Crippen LogP contribution in [-0.4, -0.2) is 9.78 Å². The summed E-state index contributed by atoms with van der Waals surface area (Å²) in [5.74, 6) is 0. The van der Waals surface area contributed by atoms with Gasteiger partial charge in [0, 0.05) is 6.04 Å². The molecule has 0 aliphatic heterocycles. The number of nitrogens with zero attached hydrogens (tertiary/aromatic N) is 2. The van der Waals surface area contributed by atoms with E-state index in [-0.39, 0.29) is 0 Å². The molecule has 4 heteroatoms. The average Bonchev–Trinajstić information content (AvgIpc) is 2.14. The van der Waals surface area contributed by atoms with Crippen molar-refractivity contribution in [2.75, 3.05) is 5.73 Å². The lowest BCUT2D eigenvalue weighted by Gasteiger charge is -2.05. The monoisotopic (exact) mass is 203 g/mol. The summed E-state index contributed by atoms with van der Waals surface area (Å²) in [7, 11) is 0. The van der Waals surface area contributed by atoms with Crippen molar-refractivity contribution in [3.63, 3.8) is 0 Å². The van der Waals surface area contributed by atoms with Crippen LogP contribution in [0, 0.1) is 0 Å². The Morgan fingerprint density at radius 1 is 1.70 bits per heavy atom. The minimum atomic E-state index is 0.353. The zero-order valence-electron chi connectivity index (χ0n) is 6.00. The molecule has 0 unspecified atom stereocenters. The smallest absolute Gasteiger partial charge is 0.127 e. The molecule has 0 saturated carbocycles. The van der Waals surface area contributed by atoms with Gasteiger partial charge in [0.1, 0.15) is 4.60 Å². The molecule has 0 radical (unpaired) electrons. The van der Waals surface area contributed by atoms with E-state index in [9.17, 15) is 0 Å². The molecule has 0 fully saturated rings. The molecule has 1 aromatic rings. The molecular formula is C6H10BrN3. The molecule has 0 aliphatic rings. The molecule has 0 aromatic carbocycles. The maximum Gasteiger partial charge on any atom is 0.127 e. The van der Waals surface area contributed by atoms with E-state index in [1.54, 1.807) is 6.20 Å². The van der Waals surface area contributed by atoms with Crippen LogP contribution in [0.1, 0.15) is 19.9 Å². The van der Waals surface area contributed by atoms with Crippen molar-refractivity contribution < 1.29 is 0 Å². The SMILES string of the molecule is CC(C)n1ncc(N)c1Br. The quantitative estimate of drug-likeness (QED) is 0.757. The van der Waals surface area contributed by atoms with E-state index in [0.717, 1.165) is 4.60 Å². The fourth-order valence-electron chi connectivity index (χ4n) is 0.721.